The van der Waals surface area contributed by atoms with Crippen molar-refractivity contribution in [3.05, 3.63) is 47.2 Å². The van der Waals surface area contributed by atoms with E-state index in [-0.39, 0.29) is 0 Å². The van der Waals surface area contributed by atoms with Crippen LogP contribution < -0.4 is 0 Å². The first-order valence-corrected chi connectivity index (χ1v) is 5.63. The van der Waals surface area contributed by atoms with Gasteiger partial charge >= 0.3 is 0 Å². The van der Waals surface area contributed by atoms with E-state index >= 15 is 0 Å². The van der Waals surface area contributed by atoms with E-state index in [0.717, 1.165) is 5.56 Å². The smallest absolute Gasteiger partial charge is 0.135 e. The fraction of sp³-hybridized carbons (Fsp3) is 0.231. The number of furan rings is 1. The molecule has 0 aliphatic heterocycles. The van der Waals surface area contributed by atoms with Crippen molar-refractivity contribution in [1.29, 1.82) is 0 Å². The minimum absolute atomic E-state index is 0.545. The largest absolute Gasteiger partial charge is 0.458 e. The number of benzene rings is 1. The second kappa shape index (κ2) is 4.73. The van der Waals surface area contributed by atoms with Gasteiger partial charge in [0.05, 0.1) is 5.02 Å². The summed E-state index contributed by atoms with van der Waals surface area (Å²) < 4.78 is 5.57. The Kier molecular flexibility index (Phi) is 3.32. The molecule has 0 aliphatic rings. The zero-order valence-corrected chi connectivity index (χ0v) is 9.74. The Labute approximate surface area is 99.5 Å². The van der Waals surface area contributed by atoms with Crippen LogP contribution in [0.25, 0.3) is 11.3 Å². The van der Waals surface area contributed by atoms with Crippen LogP contribution in [0, 0.1) is 0 Å². The van der Waals surface area contributed by atoms with Crippen LogP contribution in [0.3, 0.4) is 0 Å². The molecule has 0 amide bonds. The average Bonchev–Trinajstić information content (AvgIpc) is 2.78. The summed E-state index contributed by atoms with van der Waals surface area (Å²) >= 11 is 6.06. The molecule has 0 spiro atoms. The summed E-state index contributed by atoms with van der Waals surface area (Å²) in [5.41, 5.74) is 0.846. The molecule has 0 saturated heterocycles. The highest BCUT2D eigenvalue weighted by Gasteiger charge is 2.12. The number of hydrogen-bond acceptors (Lipinski definition) is 2. The van der Waals surface area contributed by atoms with Crippen LogP contribution in [0.2, 0.25) is 5.02 Å². The first kappa shape index (κ1) is 11.2. The van der Waals surface area contributed by atoms with Gasteiger partial charge in [-0.15, -0.1) is 0 Å². The fourth-order valence-electron chi connectivity index (χ4n) is 1.54. The summed E-state index contributed by atoms with van der Waals surface area (Å²) in [6.45, 7) is 1.91. The van der Waals surface area contributed by atoms with Crippen LogP contribution in [0.5, 0.6) is 0 Å². The van der Waals surface area contributed by atoms with Crippen LogP contribution in [-0.4, -0.2) is 5.11 Å². The highest BCUT2D eigenvalue weighted by molar-refractivity contribution is 6.33. The molecule has 2 rings (SSSR count). The van der Waals surface area contributed by atoms with Crippen molar-refractivity contribution in [3.63, 3.8) is 0 Å². The Morgan fingerprint density at radius 2 is 2.00 bits per heavy atom. The molecule has 84 valence electrons. The molecule has 1 unspecified atom stereocenters. The van der Waals surface area contributed by atoms with Crippen LogP contribution in [0.15, 0.2) is 40.8 Å². The normalized spacial score (nSPS) is 12.7. The number of rotatable bonds is 3. The molecule has 1 N–H and O–H groups in total. The molecule has 1 aromatic carbocycles. The molecule has 0 bridgehead atoms. The highest BCUT2D eigenvalue weighted by Crippen LogP contribution is 2.31. The number of aliphatic hydroxyl groups is 1. The summed E-state index contributed by atoms with van der Waals surface area (Å²) in [5.74, 6) is 1.27. The van der Waals surface area contributed by atoms with Gasteiger partial charge in [0.2, 0.25) is 0 Å². The number of hydrogen-bond donors (Lipinski definition) is 1. The van der Waals surface area contributed by atoms with Crippen molar-refractivity contribution in [2.45, 2.75) is 19.4 Å². The van der Waals surface area contributed by atoms with E-state index in [0.29, 0.717) is 23.0 Å². The predicted octanol–water partition coefficient (Wildman–Crippen LogP) is 4.04. The summed E-state index contributed by atoms with van der Waals surface area (Å²) in [4.78, 5) is 0. The lowest BCUT2D eigenvalue weighted by Gasteiger charge is -2.03. The Balaban J connectivity index is 2.35. The van der Waals surface area contributed by atoms with Gasteiger partial charge in [-0.2, -0.15) is 0 Å². The molecule has 16 heavy (non-hydrogen) atoms. The van der Waals surface area contributed by atoms with Gasteiger partial charge in [0.25, 0.3) is 0 Å². The maximum Gasteiger partial charge on any atom is 0.135 e. The van der Waals surface area contributed by atoms with Gasteiger partial charge in [-0.05, 0) is 30.7 Å². The molecule has 2 aromatic rings. The lowest BCUT2D eigenvalue weighted by atomic mass is 10.2. The van der Waals surface area contributed by atoms with Gasteiger partial charge in [0.15, 0.2) is 0 Å². The SMILES string of the molecule is CCC(O)c1ccc(-c2ccccc2Cl)o1. The van der Waals surface area contributed by atoms with E-state index in [2.05, 4.69) is 0 Å². The second-order valence-electron chi connectivity index (χ2n) is 3.61. The highest BCUT2D eigenvalue weighted by atomic mass is 35.5. The van der Waals surface area contributed by atoms with E-state index in [1.807, 2.05) is 37.3 Å². The first-order chi connectivity index (χ1) is 7.72. The molecular formula is C13H13ClO2. The zero-order valence-electron chi connectivity index (χ0n) is 8.98. The molecule has 0 aliphatic carbocycles. The summed E-state index contributed by atoms with van der Waals surface area (Å²) in [6.07, 6.45) is 0.0892. The third kappa shape index (κ3) is 2.13. The summed E-state index contributed by atoms with van der Waals surface area (Å²) in [5, 5.41) is 10.3. The lowest BCUT2D eigenvalue weighted by molar-refractivity contribution is 0.147. The van der Waals surface area contributed by atoms with E-state index in [9.17, 15) is 5.11 Å². The predicted molar refractivity (Wildman–Crippen MR) is 64.4 cm³/mol. The van der Waals surface area contributed by atoms with Gasteiger partial charge < -0.3 is 9.52 Å². The molecule has 0 radical (unpaired) electrons. The van der Waals surface area contributed by atoms with E-state index in [1.165, 1.54) is 0 Å². The Morgan fingerprint density at radius 3 is 2.69 bits per heavy atom. The number of aliphatic hydroxyl groups excluding tert-OH is 1. The summed E-state index contributed by atoms with van der Waals surface area (Å²) in [6, 6.07) is 11.1. The third-order valence-electron chi connectivity index (χ3n) is 2.48. The monoisotopic (exact) mass is 236 g/mol. The van der Waals surface area contributed by atoms with Gasteiger partial charge in [-0.3, -0.25) is 0 Å². The van der Waals surface area contributed by atoms with Gasteiger partial charge in [0, 0.05) is 5.56 Å². The number of halogens is 1. The van der Waals surface area contributed by atoms with E-state index < -0.39 is 6.10 Å². The summed E-state index contributed by atoms with van der Waals surface area (Å²) in [7, 11) is 0. The standard InChI is InChI=1S/C13H13ClO2/c1-2-11(15)13-8-7-12(16-13)9-5-3-4-6-10(9)14/h3-8,11,15H,2H2,1H3. The zero-order chi connectivity index (χ0) is 11.5. The maximum atomic E-state index is 9.63. The van der Waals surface area contributed by atoms with Gasteiger partial charge in [0.1, 0.15) is 17.6 Å². The van der Waals surface area contributed by atoms with Crippen molar-refractivity contribution in [2.75, 3.05) is 0 Å². The van der Waals surface area contributed by atoms with Crippen LogP contribution >= 0.6 is 11.6 Å². The molecule has 1 heterocycles. The van der Waals surface area contributed by atoms with Crippen molar-refractivity contribution < 1.29 is 9.52 Å². The van der Waals surface area contributed by atoms with Crippen LogP contribution in [0.4, 0.5) is 0 Å². The van der Waals surface area contributed by atoms with Crippen molar-refractivity contribution in [1.82, 2.24) is 0 Å². The molecule has 0 fully saturated rings. The Morgan fingerprint density at radius 1 is 1.25 bits per heavy atom. The van der Waals surface area contributed by atoms with Crippen molar-refractivity contribution in [2.24, 2.45) is 0 Å². The Hall–Kier alpha value is -1.25. The molecule has 0 saturated carbocycles. The minimum atomic E-state index is -0.545. The minimum Gasteiger partial charge on any atom is -0.458 e. The van der Waals surface area contributed by atoms with E-state index in [1.54, 1.807) is 6.07 Å². The van der Waals surface area contributed by atoms with Crippen LogP contribution in [-0.2, 0) is 0 Å². The van der Waals surface area contributed by atoms with Gasteiger partial charge in [-0.25, -0.2) is 0 Å². The molecule has 3 heteroatoms. The molecule has 1 atom stereocenters. The Bertz CT molecular complexity index is 476. The van der Waals surface area contributed by atoms with Crippen LogP contribution in [0.1, 0.15) is 25.2 Å². The second-order valence-corrected chi connectivity index (χ2v) is 4.01. The quantitative estimate of drug-likeness (QED) is 0.873. The third-order valence-corrected chi connectivity index (χ3v) is 2.81. The fourth-order valence-corrected chi connectivity index (χ4v) is 1.77. The molecule has 1 aromatic heterocycles. The van der Waals surface area contributed by atoms with E-state index in [4.69, 9.17) is 16.0 Å². The van der Waals surface area contributed by atoms with Gasteiger partial charge in [-0.1, -0.05) is 30.7 Å². The lowest BCUT2D eigenvalue weighted by Crippen LogP contribution is -1.91. The topological polar surface area (TPSA) is 33.4 Å². The maximum absolute atomic E-state index is 9.63. The molecular weight excluding hydrogens is 224 g/mol. The molecule has 2 nitrogen and oxygen atoms in total. The van der Waals surface area contributed by atoms with Crippen molar-refractivity contribution in [3.8, 4) is 11.3 Å². The average molecular weight is 237 g/mol. The van der Waals surface area contributed by atoms with Crippen molar-refractivity contribution >= 4 is 11.6 Å². The first-order valence-electron chi connectivity index (χ1n) is 5.25.